The Morgan fingerprint density at radius 3 is 3.00 bits per heavy atom. The van der Waals surface area contributed by atoms with Crippen molar-refractivity contribution in [3.05, 3.63) is 42.0 Å². The molecular formula is C10H7N3O2. The second-order valence-electron chi connectivity index (χ2n) is 2.74. The van der Waals surface area contributed by atoms with Crippen LogP contribution >= 0.6 is 0 Å². The first-order valence-corrected chi connectivity index (χ1v) is 4.27. The van der Waals surface area contributed by atoms with Gasteiger partial charge < -0.3 is 9.26 Å². The van der Waals surface area contributed by atoms with Gasteiger partial charge in [-0.15, -0.1) is 0 Å². The summed E-state index contributed by atoms with van der Waals surface area (Å²) < 4.78 is 9.92. The van der Waals surface area contributed by atoms with E-state index in [2.05, 4.69) is 14.7 Å². The molecule has 0 saturated heterocycles. The predicted molar refractivity (Wildman–Crippen MR) is 49.8 cm³/mol. The van der Waals surface area contributed by atoms with Crippen LogP contribution in [0.15, 0.2) is 35.2 Å². The molecule has 0 aliphatic carbocycles. The lowest BCUT2D eigenvalue weighted by molar-refractivity contribution is 0.286. The van der Waals surface area contributed by atoms with Gasteiger partial charge in [0.15, 0.2) is 6.61 Å². The number of hydrogen-bond donors (Lipinski definition) is 0. The normalized spacial score (nSPS) is 9.53. The molecule has 1 aromatic carbocycles. The number of ether oxygens (including phenoxy) is 1. The molecule has 5 heteroatoms. The third-order valence-electron chi connectivity index (χ3n) is 1.77. The molecule has 0 aliphatic rings. The molecule has 2 aromatic rings. The van der Waals surface area contributed by atoms with E-state index in [1.54, 1.807) is 24.3 Å². The van der Waals surface area contributed by atoms with Crippen molar-refractivity contribution in [1.29, 1.82) is 5.26 Å². The molecule has 2 rings (SSSR count). The van der Waals surface area contributed by atoms with E-state index in [1.807, 2.05) is 6.07 Å². The van der Waals surface area contributed by atoms with E-state index in [4.69, 9.17) is 10.00 Å². The monoisotopic (exact) mass is 201 g/mol. The molecule has 15 heavy (non-hydrogen) atoms. The Balaban J connectivity index is 2.08. The highest BCUT2D eigenvalue weighted by Crippen LogP contribution is 2.17. The fourth-order valence-electron chi connectivity index (χ4n) is 1.08. The van der Waals surface area contributed by atoms with Crippen molar-refractivity contribution < 1.29 is 9.26 Å². The lowest BCUT2D eigenvalue weighted by Crippen LogP contribution is -1.98. The number of benzene rings is 1. The maximum absolute atomic E-state index is 8.80. The van der Waals surface area contributed by atoms with Gasteiger partial charge in [-0.25, -0.2) is 0 Å². The van der Waals surface area contributed by atoms with Gasteiger partial charge in [0.25, 0.3) is 0 Å². The molecule has 0 amide bonds. The van der Waals surface area contributed by atoms with Crippen LogP contribution in [0.4, 0.5) is 0 Å². The summed E-state index contributed by atoms with van der Waals surface area (Å²) in [6, 6.07) is 9.02. The van der Waals surface area contributed by atoms with E-state index in [-0.39, 0.29) is 6.61 Å². The summed E-state index contributed by atoms with van der Waals surface area (Å²) in [6.45, 7) is 0.190. The minimum absolute atomic E-state index is 0.190. The number of para-hydroxylation sites is 1. The fourth-order valence-corrected chi connectivity index (χ4v) is 1.08. The lowest BCUT2D eigenvalue weighted by Gasteiger charge is -2.03. The molecule has 1 heterocycles. The average Bonchev–Trinajstić information content (AvgIpc) is 2.79. The first-order valence-electron chi connectivity index (χ1n) is 4.27. The Bertz CT molecular complexity index is 474. The van der Waals surface area contributed by atoms with E-state index >= 15 is 0 Å². The molecule has 0 fully saturated rings. The van der Waals surface area contributed by atoms with Crippen LogP contribution in [0.3, 0.4) is 0 Å². The first kappa shape index (κ1) is 9.21. The van der Waals surface area contributed by atoms with E-state index in [1.165, 1.54) is 6.39 Å². The number of hydrogen-bond acceptors (Lipinski definition) is 5. The first-order chi connectivity index (χ1) is 7.40. The predicted octanol–water partition coefficient (Wildman–Crippen LogP) is 1.52. The van der Waals surface area contributed by atoms with E-state index < -0.39 is 0 Å². The summed E-state index contributed by atoms with van der Waals surface area (Å²) in [4.78, 5) is 3.80. The van der Waals surface area contributed by atoms with Gasteiger partial charge in [0.2, 0.25) is 12.2 Å². The highest BCUT2D eigenvalue weighted by Gasteiger charge is 2.03. The molecule has 0 atom stereocenters. The lowest BCUT2D eigenvalue weighted by atomic mass is 10.2. The van der Waals surface area contributed by atoms with E-state index in [9.17, 15) is 0 Å². The van der Waals surface area contributed by atoms with Crippen LogP contribution < -0.4 is 4.74 Å². The highest BCUT2D eigenvalue weighted by molar-refractivity contribution is 5.42. The molecule has 74 valence electrons. The van der Waals surface area contributed by atoms with Crippen molar-refractivity contribution in [2.24, 2.45) is 0 Å². The number of aromatic nitrogens is 2. The maximum Gasteiger partial charge on any atom is 0.213 e. The molecule has 0 N–H and O–H groups in total. The van der Waals surface area contributed by atoms with E-state index in [0.29, 0.717) is 17.1 Å². The van der Waals surface area contributed by atoms with Crippen molar-refractivity contribution in [2.75, 3.05) is 0 Å². The van der Waals surface area contributed by atoms with Crippen molar-refractivity contribution in [1.82, 2.24) is 10.1 Å². The average molecular weight is 201 g/mol. The quantitative estimate of drug-likeness (QED) is 0.752. The number of rotatable bonds is 3. The van der Waals surface area contributed by atoms with Gasteiger partial charge >= 0.3 is 0 Å². The Morgan fingerprint density at radius 2 is 2.27 bits per heavy atom. The number of nitrogens with zero attached hydrogens (tertiary/aromatic N) is 3. The van der Waals surface area contributed by atoms with Crippen LogP contribution in [0.2, 0.25) is 0 Å². The van der Waals surface area contributed by atoms with Crippen molar-refractivity contribution in [3.8, 4) is 11.8 Å². The van der Waals surface area contributed by atoms with Crippen molar-refractivity contribution >= 4 is 0 Å². The van der Waals surface area contributed by atoms with Gasteiger partial charge in [-0.3, -0.25) is 0 Å². The van der Waals surface area contributed by atoms with Crippen LogP contribution in [0.5, 0.6) is 5.75 Å². The highest BCUT2D eigenvalue weighted by atomic mass is 16.5. The van der Waals surface area contributed by atoms with Crippen LogP contribution in [0, 0.1) is 11.3 Å². The molecule has 0 bridgehead atoms. The Kier molecular flexibility index (Phi) is 2.61. The van der Waals surface area contributed by atoms with Crippen LogP contribution in [0.25, 0.3) is 0 Å². The van der Waals surface area contributed by atoms with Gasteiger partial charge in [0.1, 0.15) is 11.8 Å². The molecule has 0 spiro atoms. The summed E-state index contributed by atoms with van der Waals surface area (Å²) in [7, 11) is 0. The van der Waals surface area contributed by atoms with Gasteiger partial charge in [-0.2, -0.15) is 10.2 Å². The summed E-state index contributed by atoms with van der Waals surface area (Å²) in [5.41, 5.74) is 0.487. The smallest absolute Gasteiger partial charge is 0.213 e. The standard InChI is InChI=1S/C10H7N3O2/c11-5-8-3-1-2-4-9(8)14-6-10-12-7-15-13-10/h1-4,7H,6H2. The largest absolute Gasteiger partial charge is 0.484 e. The van der Waals surface area contributed by atoms with E-state index in [0.717, 1.165) is 0 Å². The summed E-state index contributed by atoms with van der Waals surface area (Å²) in [6.07, 6.45) is 1.23. The fraction of sp³-hybridized carbons (Fsp3) is 0.100. The van der Waals surface area contributed by atoms with Crippen LogP contribution in [0.1, 0.15) is 11.4 Å². The summed E-state index contributed by atoms with van der Waals surface area (Å²) in [5, 5.41) is 12.4. The van der Waals surface area contributed by atoms with Gasteiger partial charge in [-0.05, 0) is 12.1 Å². The number of nitriles is 1. The Labute approximate surface area is 85.9 Å². The van der Waals surface area contributed by atoms with Crippen LogP contribution in [-0.2, 0) is 6.61 Å². The molecule has 1 aromatic heterocycles. The molecule has 0 aliphatic heterocycles. The Hall–Kier alpha value is -2.35. The second-order valence-corrected chi connectivity index (χ2v) is 2.74. The maximum atomic E-state index is 8.80. The zero-order chi connectivity index (χ0) is 10.5. The van der Waals surface area contributed by atoms with Crippen LogP contribution in [-0.4, -0.2) is 10.1 Å². The molecule has 0 saturated carbocycles. The van der Waals surface area contributed by atoms with Gasteiger partial charge in [0, 0.05) is 0 Å². The van der Waals surface area contributed by atoms with Gasteiger partial charge in [-0.1, -0.05) is 17.3 Å². The van der Waals surface area contributed by atoms with Crippen molar-refractivity contribution in [3.63, 3.8) is 0 Å². The van der Waals surface area contributed by atoms with Gasteiger partial charge in [0.05, 0.1) is 5.56 Å². The molecule has 0 radical (unpaired) electrons. The third-order valence-corrected chi connectivity index (χ3v) is 1.77. The SMILES string of the molecule is N#Cc1ccccc1OCc1ncon1. The summed E-state index contributed by atoms with van der Waals surface area (Å²) in [5.74, 6) is 0.965. The zero-order valence-electron chi connectivity index (χ0n) is 7.75. The third kappa shape index (κ3) is 2.11. The second kappa shape index (κ2) is 4.24. The molecule has 0 unspecified atom stereocenters. The molecular weight excluding hydrogens is 194 g/mol. The minimum atomic E-state index is 0.190. The summed E-state index contributed by atoms with van der Waals surface area (Å²) >= 11 is 0. The topological polar surface area (TPSA) is 71.9 Å². The Morgan fingerprint density at radius 1 is 1.40 bits per heavy atom. The zero-order valence-corrected chi connectivity index (χ0v) is 7.75. The molecule has 5 nitrogen and oxygen atoms in total. The minimum Gasteiger partial charge on any atom is -0.484 e. The van der Waals surface area contributed by atoms with Crippen molar-refractivity contribution in [2.45, 2.75) is 6.61 Å².